The van der Waals surface area contributed by atoms with Crippen molar-refractivity contribution in [3.8, 4) is 39.9 Å². The Labute approximate surface area is 293 Å². The maximum Gasteiger partial charge on any atom is 2.00 e. The Hall–Kier alpha value is -5.19. The Bertz CT molecular complexity index is 2350. The van der Waals surface area contributed by atoms with Gasteiger partial charge >= 0.3 is 21.1 Å². The first-order valence-corrected chi connectivity index (χ1v) is 15.8. The van der Waals surface area contributed by atoms with Crippen LogP contribution in [-0.2, 0) is 26.5 Å². The van der Waals surface area contributed by atoms with Crippen molar-refractivity contribution in [3.05, 3.63) is 152 Å². The number of pyridine rings is 1. The van der Waals surface area contributed by atoms with Gasteiger partial charge in [-0.1, -0.05) is 79.4 Å². The predicted octanol–water partition coefficient (Wildman–Crippen LogP) is 9.20. The molecule has 0 bridgehead atoms. The smallest absolute Gasteiger partial charge is 0.509 e. The third kappa shape index (κ3) is 4.91. The van der Waals surface area contributed by atoms with E-state index in [9.17, 15) is 0 Å². The molecule has 4 heterocycles. The zero-order valence-corrected chi connectivity index (χ0v) is 28.6. The Balaban J connectivity index is 0.00000336. The minimum Gasteiger partial charge on any atom is -0.509 e. The molecule has 0 saturated heterocycles. The molecular weight excluding hydrogens is 776 g/mol. The van der Waals surface area contributed by atoms with Crippen LogP contribution in [0.1, 0.15) is 19.4 Å². The van der Waals surface area contributed by atoms with E-state index in [2.05, 4.69) is 115 Å². The van der Waals surface area contributed by atoms with Crippen LogP contribution in [0.4, 0.5) is 0 Å². The minimum atomic E-state index is -0.0639. The van der Waals surface area contributed by atoms with Gasteiger partial charge in [-0.25, -0.2) is 4.98 Å². The second-order valence-electron chi connectivity index (χ2n) is 12.6. The number of rotatable bonds is 5. The number of ether oxygens (including phenoxy) is 2. The normalized spacial score (nSPS) is 17.4. The summed E-state index contributed by atoms with van der Waals surface area (Å²) in [6, 6.07) is 37.4. The molecule has 0 fully saturated rings. The summed E-state index contributed by atoms with van der Waals surface area (Å²) in [7, 11) is 0. The minimum absolute atomic E-state index is 0. The number of allylic oxidation sites excluding steroid dienone is 2. The second kappa shape index (κ2) is 11.8. The second-order valence-corrected chi connectivity index (χ2v) is 12.6. The van der Waals surface area contributed by atoms with Crippen molar-refractivity contribution in [2.75, 3.05) is 0 Å². The molecule has 6 nitrogen and oxygen atoms in total. The molecular formula is C41H30N4O2Pt. The Morgan fingerprint density at radius 1 is 0.854 bits per heavy atom. The maximum absolute atomic E-state index is 6.66. The van der Waals surface area contributed by atoms with Gasteiger partial charge in [0.05, 0.1) is 0 Å². The van der Waals surface area contributed by atoms with E-state index in [-0.39, 0.29) is 32.6 Å². The SMILES string of the molecule is CC1(C)c2cccc(-c3ccc(-n4c5c[c-]c(Oc6[c-]c(-n7cccn7)ccc6)cc5c5ccccc54)nc3)c2OC2C=CC=CC21.[Pt+2]. The number of para-hydroxylation sites is 2. The Kier molecular flexibility index (Phi) is 7.42. The van der Waals surface area contributed by atoms with Crippen molar-refractivity contribution in [2.45, 2.75) is 25.4 Å². The van der Waals surface area contributed by atoms with E-state index in [1.54, 1.807) is 10.9 Å². The molecule has 236 valence electrons. The molecule has 0 amide bonds. The maximum atomic E-state index is 6.66. The molecule has 0 N–H and O–H groups in total. The quantitative estimate of drug-likeness (QED) is 0.163. The molecule has 1 aliphatic carbocycles. The number of aromatic nitrogens is 4. The third-order valence-electron chi connectivity index (χ3n) is 9.47. The zero-order valence-electron chi connectivity index (χ0n) is 26.3. The fourth-order valence-corrected chi connectivity index (χ4v) is 7.10. The molecule has 7 aromatic rings. The summed E-state index contributed by atoms with van der Waals surface area (Å²) < 4.78 is 16.9. The van der Waals surface area contributed by atoms with Crippen LogP contribution >= 0.6 is 0 Å². The van der Waals surface area contributed by atoms with E-state index in [1.165, 1.54) is 5.56 Å². The molecule has 9 rings (SSSR count). The third-order valence-corrected chi connectivity index (χ3v) is 9.47. The summed E-state index contributed by atoms with van der Waals surface area (Å²) >= 11 is 0. The fourth-order valence-electron chi connectivity index (χ4n) is 7.10. The number of benzene rings is 4. The van der Waals surface area contributed by atoms with E-state index < -0.39 is 0 Å². The van der Waals surface area contributed by atoms with Crippen molar-refractivity contribution >= 4 is 21.8 Å². The van der Waals surface area contributed by atoms with Crippen LogP contribution in [0.25, 0.3) is 44.4 Å². The molecule has 2 aliphatic rings. The van der Waals surface area contributed by atoms with Crippen LogP contribution in [0.3, 0.4) is 0 Å². The van der Waals surface area contributed by atoms with Gasteiger partial charge < -0.3 is 14.0 Å². The van der Waals surface area contributed by atoms with E-state index in [4.69, 9.17) is 14.5 Å². The van der Waals surface area contributed by atoms with E-state index in [1.807, 2.05) is 48.8 Å². The van der Waals surface area contributed by atoms with Crippen molar-refractivity contribution in [1.29, 1.82) is 0 Å². The number of hydrogen-bond acceptors (Lipinski definition) is 4. The number of fused-ring (bicyclic) bond motifs is 5. The average Bonchev–Trinajstić information content (AvgIpc) is 3.76. The molecule has 48 heavy (non-hydrogen) atoms. The van der Waals surface area contributed by atoms with Crippen LogP contribution in [-0.4, -0.2) is 25.4 Å². The Morgan fingerprint density at radius 3 is 2.58 bits per heavy atom. The first kappa shape index (κ1) is 30.2. The molecule has 0 saturated carbocycles. The largest absolute Gasteiger partial charge is 2.00 e. The molecule has 4 aromatic carbocycles. The molecule has 1 aliphatic heterocycles. The average molecular weight is 806 g/mol. The van der Waals surface area contributed by atoms with E-state index in [0.29, 0.717) is 17.4 Å². The van der Waals surface area contributed by atoms with Gasteiger partial charge in [-0.05, 0) is 41.4 Å². The van der Waals surface area contributed by atoms with Crippen molar-refractivity contribution in [3.63, 3.8) is 0 Å². The van der Waals surface area contributed by atoms with Gasteiger partial charge in [0, 0.05) is 63.6 Å². The van der Waals surface area contributed by atoms with Gasteiger partial charge in [0.25, 0.3) is 0 Å². The molecule has 0 spiro atoms. The van der Waals surface area contributed by atoms with Gasteiger partial charge in [0.15, 0.2) is 0 Å². The molecule has 2 unspecified atom stereocenters. The Morgan fingerprint density at radius 2 is 1.73 bits per heavy atom. The molecule has 0 radical (unpaired) electrons. The van der Waals surface area contributed by atoms with E-state index >= 15 is 0 Å². The fraction of sp³-hybridized carbons (Fsp3) is 0.122. The van der Waals surface area contributed by atoms with Crippen LogP contribution in [0.2, 0.25) is 0 Å². The van der Waals surface area contributed by atoms with Crippen LogP contribution in [0, 0.1) is 18.1 Å². The summed E-state index contributed by atoms with van der Waals surface area (Å²) in [6.45, 7) is 4.63. The molecule has 7 heteroatoms. The van der Waals surface area contributed by atoms with Gasteiger partial charge in [-0.3, -0.25) is 4.68 Å². The summed E-state index contributed by atoms with van der Waals surface area (Å²) in [5.74, 6) is 3.27. The molecule has 2 atom stereocenters. The first-order valence-electron chi connectivity index (χ1n) is 15.8. The van der Waals surface area contributed by atoms with Gasteiger partial charge in [0.1, 0.15) is 17.7 Å². The zero-order chi connectivity index (χ0) is 31.5. The number of hydrogen-bond donors (Lipinski definition) is 0. The van der Waals surface area contributed by atoms with Crippen LogP contribution in [0.5, 0.6) is 17.2 Å². The van der Waals surface area contributed by atoms with Gasteiger partial charge in [-0.15, -0.1) is 36.4 Å². The van der Waals surface area contributed by atoms with Crippen LogP contribution in [0.15, 0.2) is 134 Å². The monoisotopic (exact) mass is 805 g/mol. The summed E-state index contributed by atoms with van der Waals surface area (Å²) in [4.78, 5) is 5.01. The number of nitrogens with zero attached hydrogens (tertiary/aromatic N) is 4. The van der Waals surface area contributed by atoms with Crippen molar-refractivity contribution in [1.82, 2.24) is 19.3 Å². The summed E-state index contributed by atoms with van der Waals surface area (Å²) in [5, 5.41) is 6.47. The summed E-state index contributed by atoms with van der Waals surface area (Å²) in [6.07, 6.45) is 14.2. The van der Waals surface area contributed by atoms with Crippen molar-refractivity contribution < 1.29 is 30.5 Å². The van der Waals surface area contributed by atoms with Crippen molar-refractivity contribution in [2.24, 2.45) is 5.92 Å². The predicted molar refractivity (Wildman–Crippen MR) is 185 cm³/mol. The van der Waals surface area contributed by atoms with Gasteiger partial charge in [-0.2, -0.15) is 11.2 Å². The standard InChI is InChI=1S/C41H30N4O2.Pt/c1-41(2)34-14-4-6-17-38(34)47-40-31(13-8-15-35(40)41)27-18-21-39(42-26-27)45-36-16-5-3-12-32(36)33-25-30(19-20-37(33)45)46-29-11-7-10-28(24-29)44-23-9-22-43-44;/h3-18,20-23,25-26,34,38H,1-2H3;/q-2;+2. The van der Waals surface area contributed by atoms with Gasteiger partial charge in [0.2, 0.25) is 0 Å². The van der Waals surface area contributed by atoms with E-state index in [0.717, 1.165) is 50.2 Å². The summed E-state index contributed by atoms with van der Waals surface area (Å²) in [5.41, 5.74) is 6.10. The van der Waals surface area contributed by atoms with Crippen LogP contribution < -0.4 is 9.47 Å². The topological polar surface area (TPSA) is 54.1 Å². The first-order chi connectivity index (χ1) is 23.0. The molecule has 3 aromatic heterocycles.